The second kappa shape index (κ2) is 4.56. The van der Waals surface area contributed by atoms with Gasteiger partial charge in [-0.3, -0.25) is 4.79 Å². The zero-order valence-electron chi connectivity index (χ0n) is 8.80. The average molecular weight is 222 g/mol. The monoisotopic (exact) mass is 222 g/mol. The predicted octanol–water partition coefficient (Wildman–Crippen LogP) is 3.65. The molecule has 0 saturated carbocycles. The fourth-order valence-corrected chi connectivity index (χ4v) is 1.89. The summed E-state index contributed by atoms with van der Waals surface area (Å²) in [5.41, 5.74) is 0.617. The molecule has 1 nitrogen and oxygen atoms in total. The van der Waals surface area contributed by atoms with Crippen LogP contribution in [0.3, 0.4) is 0 Å². The topological polar surface area (TPSA) is 17.1 Å². The third kappa shape index (κ3) is 2.18. The van der Waals surface area contributed by atoms with Crippen molar-refractivity contribution in [2.75, 3.05) is 0 Å². The SMILES string of the molecule is O=C(C1=CCCCC1)c1ccc(F)cc1F. The van der Waals surface area contributed by atoms with Crippen LogP contribution >= 0.6 is 0 Å². The minimum atomic E-state index is -0.781. The minimum Gasteiger partial charge on any atom is -0.289 e. The molecule has 0 saturated heterocycles. The van der Waals surface area contributed by atoms with Gasteiger partial charge in [0.05, 0.1) is 5.56 Å². The molecule has 0 atom stereocenters. The van der Waals surface area contributed by atoms with Gasteiger partial charge in [-0.15, -0.1) is 0 Å². The number of ketones is 1. The van der Waals surface area contributed by atoms with E-state index in [0.29, 0.717) is 12.0 Å². The van der Waals surface area contributed by atoms with Gasteiger partial charge >= 0.3 is 0 Å². The lowest BCUT2D eigenvalue weighted by molar-refractivity contribution is 0.102. The molecule has 0 unspecified atom stereocenters. The highest BCUT2D eigenvalue weighted by molar-refractivity contribution is 6.08. The molecule has 0 heterocycles. The van der Waals surface area contributed by atoms with Crippen LogP contribution in [0.1, 0.15) is 36.0 Å². The van der Waals surface area contributed by atoms with Crippen LogP contribution in [0.4, 0.5) is 8.78 Å². The number of hydrogen-bond acceptors (Lipinski definition) is 1. The molecular weight excluding hydrogens is 210 g/mol. The second-order valence-electron chi connectivity index (χ2n) is 3.93. The van der Waals surface area contributed by atoms with E-state index in [1.807, 2.05) is 6.08 Å². The first kappa shape index (κ1) is 11.0. The fraction of sp³-hybridized carbons (Fsp3) is 0.308. The Morgan fingerprint density at radius 3 is 2.62 bits per heavy atom. The molecule has 2 rings (SSSR count). The Kier molecular flexibility index (Phi) is 3.13. The van der Waals surface area contributed by atoms with E-state index in [9.17, 15) is 13.6 Å². The molecular formula is C13H12F2O. The molecule has 1 aliphatic carbocycles. The lowest BCUT2D eigenvalue weighted by Gasteiger charge is -2.11. The molecule has 0 aliphatic heterocycles. The summed E-state index contributed by atoms with van der Waals surface area (Å²) in [6.45, 7) is 0. The van der Waals surface area contributed by atoms with Gasteiger partial charge in [-0.2, -0.15) is 0 Å². The van der Waals surface area contributed by atoms with Crippen LogP contribution in [0.15, 0.2) is 29.8 Å². The number of Topliss-reactive ketones (excluding diaryl/α,β-unsaturated/α-hetero) is 1. The maximum Gasteiger partial charge on any atom is 0.191 e. The van der Waals surface area contributed by atoms with Gasteiger partial charge < -0.3 is 0 Å². The van der Waals surface area contributed by atoms with Crippen molar-refractivity contribution < 1.29 is 13.6 Å². The van der Waals surface area contributed by atoms with Crippen molar-refractivity contribution in [3.63, 3.8) is 0 Å². The number of allylic oxidation sites excluding steroid dienone is 2. The first-order chi connectivity index (χ1) is 7.68. The summed E-state index contributed by atoms with van der Waals surface area (Å²) in [5.74, 6) is -1.75. The normalized spacial score (nSPS) is 15.8. The molecule has 0 aromatic heterocycles. The van der Waals surface area contributed by atoms with Gasteiger partial charge in [-0.25, -0.2) is 8.78 Å². The van der Waals surface area contributed by atoms with Crippen molar-refractivity contribution >= 4 is 5.78 Å². The van der Waals surface area contributed by atoms with E-state index in [2.05, 4.69) is 0 Å². The van der Waals surface area contributed by atoms with E-state index >= 15 is 0 Å². The van der Waals surface area contributed by atoms with E-state index in [4.69, 9.17) is 0 Å². The Bertz CT molecular complexity index is 449. The number of rotatable bonds is 2. The third-order valence-corrected chi connectivity index (χ3v) is 2.76. The summed E-state index contributed by atoms with van der Waals surface area (Å²) >= 11 is 0. The lowest BCUT2D eigenvalue weighted by Crippen LogP contribution is -2.08. The first-order valence-corrected chi connectivity index (χ1v) is 5.37. The molecule has 84 valence electrons. The van der Waals surface area contributed by atoms with Crippen LogP contribution < -0.4 is 0 Å². The van der Waals surface area contributed by atoms with Gasteiger partial charge in [0.15, 0.2) is 5.78 Å². The molecule has 16 heavy (non-hydrogen) atoms. The third-order valence-electron chi connectivity index (χ3n) is 2.76. The van der Waals surface area contributed by atoms with E-state index in [1.165, 1.54) is 6.07 Å². The smallest absolute Gasteiger partial charge is 0.191 e. The van der Waals surface area contributed by atoms with Crippen LogP contribution in [0, 0.1) is 11.6 Å². The molecule has 1 aliphatic rings. The maximum absolute atomic E-state index is 13.4. The molecule has 0 amide bonds. The summed E-state index contributed by atoms with van der Waals surface area (Å²) in [6, 6.07) is 3.07. The van der Waals surface area contributed by atoms with E-state index in [1.54, 1.807) is 0 Å². The molecule has 0 N–H and O–H groups in total. The Balaban J connectivity index is 2.30. The standard InChI is InChI=1S/C13H12F2O/c14-10-6-7-11(12(15)8-10)13(16)9-4-2-1-3-5-9/h4,6-8H,1-3,5H2. The maximum atomic E-state index is 13.4. The highest BCUT2D eigenvalue weighted by Crippen LogP contribution is 2.22. The van der Waals surface area contributed by atoms with Crippen LogP contribution in [0.5, 0.6) is 0 Å². The second-order valence-corrected chi connectivity index (χ2v) is 3.93. The van der Waals surface area contributed by atoms with Crippen molar-refractivity contribution in [2.24, 2.45) is 0 Å². The van der Waals surface area contributed by atoms with Crippen molar-refractivity contribution in [2.45, 2.75) is 25.7 Å². The molecule has 0 bridgehead atoms. The summed E-state index contributed by atoms with van der Waals surface area (Å²) in [7, 11) is 0. The van der Waals surface area contributed by atoms with Crippen molar-refractivity contribution in [3.8, 4) is 0 Å². The van der Waals surface area contributed by atoms with Crippen molar-refractivity contribution in [1.29, 1.82) is 0 Å². The number of hydrogen-bond donors (Lipinski definition) is 0. The molecule has 1 aromatic rings. The molecule has 1 aromatic carbocycles. The Hall–Kier alpha value is -1.51. The largest absolute Gasteiger partial charge is 0.289 e. The zero-order valence-corrected chi connectivity index (χ0v) is 8.80. The van der Waals surface area contributed by atoms with Gasteiger partial charge in [-0.1, -0.05) is 6.08 Å². The number of carbonyl (C=O) groups is 1. The summed E-state index contributed by atoms with van der Waals surface area (Å²) < 4.78 is 26.1. The predicted molar refractivity (Wildman–Crippen MR) is 57.2 cm³/mol. The Morgan fingerprint density at radius 1 is 1.19 bits per heavy atom. The lowest BCUT2D eigenvalue weighted by atomic mass is 9.93. The minimum absolute atomic E-state index is 0.0328. The quantitative estimate of drug-likeness (QED) is 0.698. The van der Waals surface area contributed by atoms with Crippen molar-refractivity contribution in [1.82, 2.24) is 0 Å². The van der Waals surface area contributed by atoms with Crippen molar-refractivity contribution in [3.05, 3.63) is 47.0 Å². The van der Waals surface area contributed by atoms with Crippen LogP contribution in [0.2, 0.25) is 0 Å². The van der Waals surface area contributed by atoms with E-state index < -0.39 is 11.6 Å². The van der Waals surface area contributed by atoms with Crippen LogP contribution in [-0.2, 0) is 0 Å². The summed E-state index contributed by atoms with van der Waals surface area (Å²) in [4.78, 5) is 11.9. The molecule has 0 spiro atoms. The summed E-state index contributed by atoms with van der Waals surface area (Å²) in [6.07, 6.45) is 5.44. The first-order valence-electron chi connectivity index (χ1n) is 5.37. The van der Waals surface area contributed by atoms with Gasteiger partial charge in [0.2, 0.25) is 0 Å². The Morgan fingerprint density at radius 2 is 2.00 bits per heavy atom. The average Bonchev–Trinajstić information content (AvgIpc) is 2.29. The van der Waals surface area contributed by atoms with Gasteiger partial charge in [-0.05, 0) is 43.4 Å². The highest BCUT2D eigenvalue weighted by atomic mass is 19.1. The van der Waals surface area contributed by atoms with E-state index in [-0.39, 0.29) is 11.3 Å². The molecule has 3 heteroatoms. The Labute approximate surface area is 92.8 Å². The van der Waals surface area contributed by atoms with Gasteiger partial charge in [0, 0.05) is 6.07 Å². The van der Waals surface area contributed by atoms with Crippen LogP contribution in [-0.4, -0.2) is 5.78 Å². The summed E-state index contributed by atoms with van der Waals surface area (Å²) in [5, 5.41) is 0. The number of carbonyl (C=O) groups excluding carboxylic acids is 1. The fourth-order valence-electron chi connectivity index (χ4n) is 1.89. The number of benzene rings is 1. The number of halogens is 2. The zero-order chi connectivity index (χ0) is 11.5. The van der Waals surface area contributed by atoms with E-state index in [0.717, 1.165) is 31.4 Å². The molecule has 0 radical (unpaired) electrons. The van der Waals surface area contributed by atoms with Crippen LogP contribution in [0.25, 0.3) is 0 Å². The highest BCUT2D eigenvalue weighted by Gasteiger charge is 2.17. The molecule has 0 fully saturated rings. The van der Waals surface area contributed by atoms with Gasteiger partial charge in [0.1, 0.15) is 11.6 Å². The van der Waals surface area contributed by atoms with Gasteiger partial charge in [0.25, 0.3) is 0 Å².